The molecule has 0 radical (unpaired) electrons. The summed E-state index contributed by atoms with van der Waals surface area (Å²) < 4.78 is 0. The molecule has 0 aromatic heterocycles. The van der Waals surface area contributed by atoms with Crippen molar-refractivity contribution in [1.82, 2.24) is 14.7 Å². The topological polar surface area (TPSA) is 35.7 Å². The summed E-state index contributed by atoms with van der Waals surface area (Å²) in [5.74, 6) is 1.67. The molecule has 0 aromatic rings. The van der Waals surface area contributed by atoms with Crippen LogP contribution in [-0.4, -0.2) is 80.1 Å². The smallest absolute Gasteiger partial charge is 0.0484 e. The third-order valence-corrected chi connectivity index (χ3v) is 5.98. The normalized spacial score (nSPS) is 43.3. The van der Waals surface area contributed by atoms with Crippen molar-refractivity contribution in [3.8, 4) is 0 Å². The monoisotopic (exact) mass is 266 g/mol. The third kappa shape index (κ3) is 2.44. The molecule has 2 unspecified atom stereocenters. The number of piperidine rings is 3. The Morgan fingerprint density at radius 3 is 2.42 bits per heavy atom. The van der Waals surface area contributed by atoms with E-state index in [0.717, 1.165) is 18.4 Å². The molecule has 0 aliphatic carbocycles. The number of likely N-dealkylation sites (N-methyl/N-ethyl adjacent to an activating group) is 1. The molecule has 2 bridgehead atoms. The number of hydrogen-bond acceptors (Lipinski definition) is 4. The van der Waals surface area contributed by atoms with Crippen LogP contribution in [0.2, 0.25) is 0 Å². The van der Waals surface area contributed by atoms with Crippen LogP contribution in [0, 0.1) is 11.8 Å². The van der Waals surface area contributed by atoms with Gasteiger partial charge < -0.3 is 15.5 Å². The maximum absolute atomic E-state index is 6.25. The molecular formula is C15H30N4. The minimum Gasteiger partial charge on any atom is -0.329 e. The van der Waals surface area contributed by atoms with E-state index >= 15 is 0 Å². The van der Waals surface area contributed by atoms with E-state index in [2.05, 4.69) is 28.8 Å². The number of nitrogens with zero attached hydrogens (tertiary/aromatic N) is 3. The number of nitrogens with two attached hydrogens (primary N) is 1. The lowest BCUT2D eigenvalue weighted by Crippen LogP contribution is -2.69. The average molecular weight is 266 g/mol. The van der Waals surface area contributed by atoms with E-state index < -0.39 is 0 Å². The van der Waals surface area contributed by atoms with Gasteiger partial charge in [-0.1, -0.05) is 0 Å². The fraction of sp³-hybridized carbons (Fsp3) is 1.00. The molecule has 2 atom stereocenters. The zero-order chi connectivity index (χ0) is 13.5. The summed E-state index contributed by atoms with van der Waals surface area (Å²) in [6.07, 6.45) is 4.06. The Kier molecular flexibility index (Phi) is 3.87. The summed E-state index contributed by atoms with van der Waals surface area (Å²) in [6, 6.07) is 0. The predicted molar refractivity (Wildman–Crippen MR) is 79.2 cm³/mol. The molecule has 0 spiro atoms. The Hall–Kier alpha value is -0.160. The van der Waals surface area contributed by atoms with Gasteiger partial charge in [0.15, 0.2) is 0 Å². The molecule has 4 fully saturated rings. The van der Waals surface area contributed by atoms with Gasteiger partial charge in [-0.2, -0.15) is 0 Å². The van der Waals surface area contributed by atoms with Gasteiger partial charge in [0.2, 0.25) is 0 Å². The first-order valence-corrected chi connectivity index (χ1v) is 7.96. The number of hydrogen-bond donors (Lipinski definition) is 1. The summed E-state index contributed by atoms with van der Waals surface area (Å²) in [5.41, 5.74) is 6.51. The van der Waals surface area contributed by atoms with Crippen LogP contribution < -0.4 is 5.73 Å². The molecular weight excluding hydrogens is 236 g/mol. The molecule has 4 aliphatic rings. The summed E-state index contributed by atoms with van der Waals surface area (Å²) in [7, 11) is 4.57. The molecule has 2 N–H and O–H groups in total. The van der Waals surface area contributed by atoms with E-state index in [1.165, 1.54) is 58.5 Å². The minimum atomic E-state index is 0.262. The van der Waals surface area contributed by atoms with Gasteiger partial charge in [-0.25, -0.2) is 0 Å². The van der Waals surface area contributed by atoms with Crippen LogP contribution >= 0.6 is 0 Å². The van der Waals surface area contributed by atoms with Crippen molar-refractivity contribution in [2.24, 2.45) is 17.6 Å². The van der Waals surface area contributed by atoms with Gasteiger partial charge in [0.05, 0.1) is 0 Å². The maximum Gasteiger partial charge on any atom is 0.0484 e. The van der Waals surface area contributed by atoms with Gasteiger partial charge in [0.25, 0.3) is 0 Å². The van der Waals surface area contributed by atoms with Crippen molar-refractivity contribution in [2.75, 3.05) is 59.9 Å². The van der Waals surface area contributed by atoms with E-state index in [0.29, 0.717) is 0 Å². The molecule has 19 heavy (non-hydrogen) atoms. The van der Waals surface area contributed by atoms with Crippen LogP contribution in [0.15, 0.2) is 0 Å². The Morgan fingerprint density at radius 1 is 1.21 bits per heavy atom. The molecule has 0 amide bonds. The van der Waals surface area contributed by atoms with Crippen LogP contribution in [-0.2, 0) is 0 Å². The van der Waals surface area contributed by atoms with E-state index in [-0.39, 0.29) is 5.54 Å². The second-order valence-corrected chi connectivity index (χ2v) is 7.16. The Bertz CT molecular complexity index is 313. The highest BCUT2D eigenvalue weighted by Crippen LogP contribution is 2.39. The van der Waals surface area contributed by atoms with Gasteiger partial charge in [-0.15, -0.1) is 0 Å². The van der Waals surface area contributed by atoms with E-state index in [9.17, 15) is 0 Å². The van der Waals surface area contributed by atoms with E-state index in [1.54, 1.807) is 0 Å². The number of rotatable bonds is 4. The van der Waals surface area contributed by atoms with Crippen molar-refractivity contribution < 1.29 is 0 Å². The molecule has 4 rings (SSSR count). The SMILES string of the molecule is CN1CCC(CN(C)C2(CN)CN3CCC2CC3)C1. The van der Waals surface area contributed by atoms with Crippen molar-refractivity contribution in [3.63, 3.8) is 0 Å². The first kappa shape index (κ1) is 13.8. The van der Waals surface area contributed by atoms with Crippen LogP contribution in [0.3, 0.4) is 0 Å². The van der Waals surface area contributed by atoms with Crippen molar-refractivity contribution in [1.29, 1.82) is 0 Å². The number of fused-ring (bicyclic) bond motifs is 3. The van der Waals surface area contributed by atoms with Crippen LogP contribution in [0.1, 0.15) is 19.3 Å². The van der Waals surface area contributed by atoms with Crippen molar-refractivity contribution >= 4 is 0 Å². The third-order valence-electron chi connectivity index (χ3n) is 5.98. The summed E-state index contributed by atoms with van der Waals surface area (Å²) >= 11 is 0. The minimum absolute atomic E-state index is 0.262. The molecule has 4 saturated heterocycles. The van der Waals surface area contributed by atoms with Gasteiger partial charge in [-0.3, -0.25) is 4.90 Å². The number of likely N-dealkylation sites (tertiary alicyclic amines) is 1. The molecule has 4 aliphatic heterocycles. The standard InChI is InChI=1S/C15H30N4/c1-17-6-3-13(9-17)10-18(2)15(11-16)12-19-7-4-14(15)5-8-19/h13-14H,3-12,16H2,1-2H3. The highest BCUT2D eigenvalue weighted by Gasteiger charge is 2.48. The summed E-state index contributed by atoms with van der Waals surface area (Å²) in [6.45, 7) is 8.38. The second-order valence-electron chi connectivity index (χ2n) is 7.16. The van der Waals surface area contributed by atoms with Gasteiger partial charge in [-0.05, 0) is 64.8 Å². The molecule has 110 valence electrons. The molecule has 0 aromatic carbocycles. The lowest BCUT2D eigenvalue weighted by Gasteiger charge is -2.57. The Labute approximate surface area is 117 Å². The lowest BCUT2D eigenvalue weighted by atomic mass is 9.71. The Morgan fingerprint density at radius 2 is 1.95 bits per heavy atom. The average Bonchev–Trinajstić information content (AvgIpc) is 2.85. The van der Waals surface area contributed by atoms with Crippen LogP contribution in [0.4, 0.5) is 0 Å². The Balaban J connectivity index is 1.67. The predicted octanol–water partition coefficient (Wildman–Crippen LogP) is 0.293. The first-order valence-electron chi connectivity index (χ1n) is 7.96. The fourth-order valence-electron chi connectivity index (χ4n) is 4.71. The van der Waals surface area contributed by atoms with Crippen molar-refractivity contribution in [2.45, 2.75) is 24.8 Å². The molecule has 4 heterocycles. The van der Waals surface area contributed by atoms with Crippen molar-refractivity contribution in [3.05, 3.63) is 0 Å². The van der Waals surface area contributed by atoms with Gasteiger partial charge in [0.1, 0.15) is 0 Å². The molecule has 4 nitrogen and oxygen atoms in total. The highest BCUT2D eigenvalue weighted by molar-refractivity contribution is 5.05. The fourth-order valence-corrected chi connectivity index (χ4v) is 4.71. The van der Waals surface area contributed by atoms with Crippen LogP contribution in [0.25, 0.3) is 0 Å². The highest BCUT2D eigenvalue weighted by atomic mass is 15.3. The molecule has 4 heteroatoms. The second kappa shape index (κ2) is 5.32. The molecule has 0 saturated carbocycles. The first-order chi connectivity index (χ1) is 9.14. The van der Waals surface area contributed by atoms with E-state index in [1.807, 2.05) is 0 Å². The maximum atomic E-state index is 6.25. The van der Waals surface area contributed by atoms with Crippen LogP contribution in [0.5, 0.6) is 0 Å². The summed E-state index contributed by atoms with van der Waals surface area (Å²) in [4.78, 5) is 7.72. The largest absolute Gasteiger partial charge is 0.329 e. The van der Waals surface area contributed by atoms with Gasteiger partial charge in [0, 0.05) is 31.7 Å². The van der Waals surface area contributed by atoms with Gasteiger partial charge >= 0.3 is 0 Å². The zero-order valence-electron chi connectivity index (χ0n) is 12.6. The lowest BCUT2D eigenvalue weighted by molar-refractivity contribution is -0.0605. The zero-order valence-corrected chi connectivity index (χ0v) is 12.6. The summed E-state index contributed by atoms with van der Waals surface area (Å²) in [5, 5.41) is 0. The van der Waals surface area contributed by atoms with E-state index in [4.69, 9.17) is 5.73 Å². The quantitative estimate of drug-likeness (QED) is 0.793.